The van der Waals surface area contributed by atoms with E-state index < -0.39 is 0 Å². The summed E-state index contributed by atoms with van der Waals surface area (Å²) in [6.45, 7) is 11.0. The molecule has 3 rings (SSSR count). The van der Waals surface area contributed by atoms with E-state index in [0.717, 1.165) is 31.8 Å². The van der Waals surface area contributed by atoms with E-state index in [9.17, 15) is 0 Å². The summed E-state index contributed by atoms with van der Waals surface area (Å²) in [5, 5.41) is 3.53. The van der Waals surface area contributed by atoms with E-state index in [0.29, 0.717) is 6.04 Å². The summed E-state index contributed by atoms with van der Waals surface area (Å²) in [5.41, 5.74) is 2.67. The first-order chi connectivity index (χ1) is 10.1. The topological polar surface area (TPSA) is 24.5 Å². The third-order valence-electron chi connectivity index (χ3n) is 4.74. The molecule has 21 heavy (non-hydrogen) atoms. The van der Waals surface area contributed by atoms with Gasteiger partial charge in [-0.15, -0.1) is 0 Å². The molecule has 0 aliphatic carbocycles. The summed E-state index contributed by atoms with van der Waals surface area (Å²) in [6, 6.07) is 7.30. The lowest BCUT2D eigenvalue weighted by molar-refractivity contribution is 0.130. The van der Waals surface area contributed by atoms with Crippen LogP contribution >= 0.6 is 0 Å². The van der Waals surface area contributed by atoms with Crippen LogP contribution in [0.1, 0.15) is 44.7 Å². The Kier molecular flexibility index (Phi) is 4.23. The molecule has 2 aliphatic heterocycles. The fourth-order valence-electron chi connectivity index (χ4n) is 3.67. The minimum absolute atomic E-state index is 0.0537. The van der Waals surface area contributed by atoms with Crippen LogP contribution in [0.25, 0.3) is 0 Å². The normalized spacial score (nSPS) is 23.9. The Bertz CT molecular complexity index is 492. The first-order valence-corrected chi connectivity index (χ1v) is 8.33. The minimum atomic E-state index is -0.0537. The Morgan fingerprint density at radius 2 is 2.24 bits per heavy atom. The zero-order chi connectivity index (χ0) is 14.9. The molecule has 2 aliphatic rings. The molecule has 3 heteroatoms. The lowest BCUT2D eigenvalue weighted by atomic mass is 10.00. The van der Waals surface area contributed by atoms with Crippen molar-refractivity contribution in [2.75, 3.05) is 19.6 Å². The molecule has 116 valence electrons. The maximum atomic E-state index is 6.22. The van der Waals surface area contributed by atoms with Crippen molar-refractivity contribution in [1.82, 2.24) is 10.2 Å². The Labute approximate surface area is 128 Å². The molecule has 2 heterocycles. The number of para-hydroxylation sites is 1. The fourth-order valence-corrected chi connectivity index (χ4v) is 3.67. The molecular weight excluding hydrogens is 260 g/mol. The van der Waals surface area contributed by atoms with Crippen LogP contribution < -0.4 is 10.1 Å². The number of nitrogens with one attached hydrogen (secondary N) is 1. The lowest BCUT2D eigenvalue weighted by Gasteiger charge is -2.34. The van der Waals surface area contributed by atoms with E-state index in [4.69, 9.17) is 4.74 Å². The van der Waals surface area contributed by atoms with Crippen molar-refractivity contribution in [3.05, 3.63) is 29.3 Å². The summed E-state index contributed by atoms with van der Waals surface area (Å²) in [4.78, 5) is 2.59. The number of hydrogen-bond donors (Lipinski definition) is 1. The van der Waals surface area contributed by atoms with E-state index in [1.54, 1.807) is 0 Å². The van der Waals surface area contributed by atoms with Crippen molar-refractivity contribution in [2.45, 2.75) is 58.2 Å². The standard InChI is InChI=1S/C18H28N2O/c1-4-20(16-9-6-10-19-12-16)13-15-8-5-7-14-11-18(2,3)21-17(14)15/h5,7-8,16,19H,4,6,9-13H2,1-3H3. The molecule has 0 spiro atoms. The third kappa shape index (κ3) is 3.24. The van der Waals surface area contributed by atoms with E-state index >= 15 is 0 Å². The Morgan fingerprint density at radius 3 is 2.95 bits per heavy atom. The second kappa shape index (κ2) is 5.98. The molecule has 1 saturated heterocycles. The summed E-state index contributed by atoms with van der Waals surface area (Å²) in [7, 11) is 0. The zero-order valence-electron chi connectivity index (χ0n) is 13.6. The van der Waals surface area contributed by atoms with Gasteiger partial charge in [-0.1, -0.05) is 25.1 Å². The van der Waals surface area contributed by atoms with Gasteiger partial charge in [0.1, 0.15) is 11.4 Å². The number of hydrogen-bond acceptors (Lipinski definition) is 3. The van der Waals surface area contributed by atoms with Crippen LogP contribution in [0, 0.1) is 0 Å². The molecule has 1 fully saturated rings. The predicted molar refractivity (Wildman–Crippen MR) is 86.8 cm³/mol. The molecule has 0 amide bonds. The van der Waals surface area contributed by atoms with Crippen LogP contribution in [0.5, 0.6) is 5.75 Å². The van der Waals surface area contributed by atoms with Crippen LogP contribution in [-0.4, -0.2) is 36.2 Å². The largest absolute Gasteiger partial charge is 0.487 e. The molecule has 0 bridgehead atoms. The Balaban J connectivity index is 1.77. The molecular formula is C18H28N2O. The number of nitrogens with zero attached hydrogens (tertiary/aromatic N) is 1. The summed E-state index contributed by atoms with van der Waals surface area (Å²) < 4.78 is 6.22. The first-order valence-electron chi connectivity index (χ1n) is 8.33. The average molecular weight is 288 g/mol. The van der Waals surface area contributed by atoms with Gasteiger partial charge in [-0.25, -0.2) is 0 Å². The van der Waals surface area contributed by atoms with Gasteiger partial charge < -0.3 is 10.1 Å². The molecule has 0 aromatic heterocycles. The molecule has 1 N–H and O–H groups in total. The van der Waals surface area contributed by atoms with Gasteiger partial charge in [0.25, 0.3) is 0 Å². The second-order valence-corrected chi connectivity index (χ2v) is 7.01. The van der Waals surface area contributed by atoms with Gasteiger partial charge in [0, 0.05) is 31.1 Å². The summed E-state index contributed by atoms with van der Waals surface area (Å²) in [5.74, 6) is 1.14. The molecule has 0 saturated carbocycles. The lowest BCUT2D eigenvalue weighted by Crippen LogP contribution is -2.45. The highest BCUT2D eigenvalue weighted by molar-refractivity contribution is 5.45. The van der Waals surface area contributed by atoms with Gasteiger partial charge in [-0.3, -0.25) is 4.90 Å². The Hall–Kier alpha value is -1.06. The smallest absolute Gasteiger partial charge is 0.127 e. The molecule has 0 radical (unpaired) electrons. The van der Waals surface area contributed by atoms with Crippen LogP contribution in [0.3, 0.4) is 0 Å². The van der Waals surface area contributed by atoms with Gasteiger partial charge in [0.05, 0.1) is 0 Å². The molecule has 1 aromatic carbocycles. The zero-order valence-corrected chi connectivity index (χ0v) is 13.6. The third-order valence-corrected chi connectivity index (χ3v) is 4.74. The van der Waals surface area contributed by atoms with E-state index in [1.807, 2.05) is 0 Å². The highest BCUT2D eigenvalue weighted by Crippen LogP contribution is 2.38. The van der Waals surface area contributed by atoms with Gasteiger partial charge in [-0.05, 0) is 45.3 Å². The predicted octanol–water partition coefficient (Wildman–Crippen LogP) is 2.97. The van der Waals surface area contributed by atoms with Crippen molar-refractivity contribution < 1.29 is 4.74 Å². The van der Waals surface area contributed by atoms with Gasteiger partial charge >= 0.3 is 0 Å². The molecule has 3 nitrogen and oxygen atoms in total. The maximum Gasteiger partial charge on any atom is 0.127 e. The number of rotatable bonds is 4. The Morgan fingerprint density at radius 1 is 1.38 bits per heavy atom. The highest BCUT2D eigenvalue weighted by Gasteiger charge is 2.32. The van der Waals surface area contributed by atoms with Crippen LogP contribution in [0.4, 0.5) is 0 Å². The first kappa shape index (κ1) is 14.9. The van der Waals surface area contributed by atoms with Crippen molar-refractivity contribution in [3.8, 4) is 5.75 Å². The van der Waals surface area contributed by atoms with Crippen LogP contribution in [0.2, 0.25) is 0 Å². The van der Waals surface area contributed by atoms with Crippen LogP contribution in [0.15, 0.2) is 18.2 Å². The molecule has 1 aromatic rings. The molecule has 1 atom stereocenters. The maximum absolute atomic E-state index is 6.22. The van der Waals surface area contributed by atoms with E-state index in [-0.39, 0.29) is 5.60 Å². The van der Waals surface area contributed by atoms with Gasteiger partial charge in [-0.2, -0.15) is 0 Å². The van der Waals surface area contributed by atoms with Crippen molar-refractivity contribution in [1.29, 1.82) is 0 Å². The number of ether oxygens (including phenoxy) is 1. The molecule has 1 unspecified atom stereocenters. The van der Waals surface area contributed by atoms with Gasteiger partial charge in [0.15, 0.2) is 0 Å². The van der Waals surface area contributed by atoms with Crippen molar-refractivity contribution in [3.63, 3.8) is 0 Å². The number of likely N-dealkylation sites (N-methyl/N-ethyl adjacent to an activating group) is 1. The number of fused-ring (bicyclic) bond motifs is 1. The second-order valence-electron chi connectivity index (χ2n) is 7.01. The van der Waals surface area contributed by atoms with Gasteiger partial charge in [0.2, 0.25) is 0 Å². The highest BCUT2D eigenvalue weighted by atomic mass is 16.5. The van der Waals surface area contributed by atoms with Crippen molar-refractivity contribution >= 4 is 0 Å². The number of benzene rings is 1. The summed E-state index contributed by atoms with van der Waals surface area (Å²) >= 11 is 0. The fraction of sp³-hybridized carbons (Fsp3) is 0.667. The minimum Gasteiger partial charge on any atom is -0.487 e. The average Bonchev–Trinajstić information content (AvgIpc) is 2.80. The van der Waals surface area contributed by atoms with Crippen molar-refractivity contribution in [2.24, 2.45) is 0 Å². The SMILES string of the molecule is CCN(Cc1cccc2c1OC(C)(C)C2)C1CCCNC1. The van der Waals surface area contributed by atoms with E-state index in [1.165, 1.54) is 30.5 Å². The van der Waals surface area contributed by atoms with E-state index in [2.05, 4.69) is 49.2 Å². The monoisotopic (exact) mass is 288 g/mol. The quantitative estimate of drug-likeness (QED) is 0.922. The number of piperidine rings is 1. The van der Waals surface area contributed by atoms with Crippen LogP contribution in [-0.2, 0) is 13.0 Å². The summed E-state index contributed by atoms with van der Waals surface area (Å²) in [6.07, 6.45) is 3.62.